The molecular weight excluding hydrogens is 843 g/mol. The average molecular weight is 872 g/mol. The van der Waals surface area contributed by atoms with Gasteiger partial charge in [0.25, 0.3) is 11.8 Å². The van der Waals surface area contributed by atoms with Crippen LogP contribution < -0.4 is 30.8 Å². The zero-order valence-corrected chi connectivity index (χ0v) is 33.2. The van der Waals surface area contributed by atoms with E-state index in [2.05, 4.69) is 26.0 Å². The van der Waals surface area contributed by atoms with Crippen LogP contribution in [0.25, 0.3) is 0 Å². The van der Waals surface area contributed by atoms with Gasteiger partial charge in [-0.15, -0.1) is 40.4 Å². The summed E-state index contributed by atoms with van der Waals surface area (Å²) in [4.78, 5) is 114. The number of ether oxygens (including phenoxy) is 3. The Bertz CT molecular complexity index is 2350. The highest BCUT2D eigenvalue weighted by Crippen LogP contribution is 2.43. The molecule has 0 bridgehead atoms. The standard InChI is InChI=1S/C33H29N9O14S3/c1-12-5-22(42-21(35-12)8-40(39-42)33(51)52)57-9-17-10-58-29-24(28(47)41(29)25(17)30(48)49)37-27(46)23(18-11-59-32(34)36-18)38-56-31(50)16-6-19(53-13(2)43)26(55-15(4)45)20(7-16)54-14(3)44/h5-8,11,24,29,39H,9-10H2,1-4H3,(H2,34,36)(H,37,46)(H,48,49)(H,51,52)/t24-,29-/m1/s1. The number of anilines is 1. The van der Waals surface area contributed by atoms with Crippen molar-refractivity contribution in [1.29, 1.82) is 0 Å². The van der Waals surface area contributed by atoms with Crippen molar-refractivity contribution >= 4 is 99.2 Å². The van der Waals surface area contributed by atoms with Gasteiger partial charge in [-0.1, -0.05) is 5.16 Å². The molecule has 0 saturated carbocycles. The van der Waals surface area contributed by atoms with E-state index in [0.29, 0.717) is 22.1 Å². The molecule has 3 amide bonds. The number of β-lactam (4-membered cyclic amide) rings is 1. The Morgan fingerprint density at radius 1 is 1.05 bits per heavy atom. The van der Waals surface area contributed by atoms with E-state index in [1.165, 1.54) is 40.1 Å². The highest BCUT2D eigenvalue weighted by Gasteiger charge is 2.54. The Morgan fingerprint density at radius 2 is 1.71 bits per heavy atom. The van der Waals surface area contributed by atoms with E-state index in [1.807, 2.05) is 0 Å². The molecule has 6 N–H and O–H groups in total. The van der Waals surface area contributed by atoms with Crippen molar-refractivity contribution in [1.82, 2.24) is 30.8 Å². The first-order valence-electron chi connectivity index (χ1n) is 16.6. The molecule has 1 fully saturated rings. The number of aliphatic carboxylic acids is 1. The maximum Gasteiger partial charge on any atom is 0.427 e. The number of rotatable bonds is 12. The van der Waals surface area contributed by atoms with E-state index in [1.54, 1.807) is 13.0 Å². The second-order valence-electron chi connectivity index (χ2n) is 12.2. The van der Waals surface area contributed by atoms with Gasteiger partial charge in [-0.3, -0.25) is 28.9 Å². The summed E-state index contributed by atoms with van der Waals surface area (Å²) in [6.45, 7) is 4.76. The number of aliphatic imine (C=N–C) groups is 1. The van der Waals surface area contributed by atoms with Gasteiger partial charge in [0, 0.05) is 43.4 Å². The van der Waals surface area contributed by atoms with Gasteiger partial charge in [0.1, 0.15) is 22.8 Å². The second kappa shape index (κ2) is 17.0. The van der Waals surface area contributed by atoms with Crippen molar-refractivity contribution in [3.8, 4) is 17.2 Å². The number of fused-ring (bicyclic) bond motifs is 2. The number of amides is 3. The third-order valence-electron chi connectivity index (χ3n) is 7.87. The molecule has 0 unspecified atom stereocenters. The fourth-order valence-corrected chi connectivity index (χ4v) is 8.67. The van der Waals surface area contributed by atoms with Crippen LogP contribution in [-0.4, -0.2) is 112 Å². The van der Waals surface area contributed by atoms with E-state index < -0.39 is 87.7 Å². The molecule has 4 aliphatic rings. The maximum atomic E-state index is 13.7. The van der Waals surface area contributed by atoms with Crippen molar-refractivity contribution < 1.29 is 67.6 Å². The molecule has 5 heterocycles. The first-order chi connectivity index (χ1) is 27.9. The van der Waals surface area contributed by atoms with Gasteiger partial charge in [0.05, 0.1) is 16.8 Å². The number of nitrogens with one attached hydrogen (secondary N) is 2. The van der Waals surface area contributed by atoms with E-state index in [9.17, 15) is 48.6 Å². The van der Waals surface area contributed by atoms with Gasteiger partial charge < -0.3 is 40.3 Å². The van der Waals surface area contributed by atoms with Crippen LogP contribution in [0.2, 0.25) is 0 Å². The Morgan fingerprint density at radius 3 is 2.29 bits per heavy atom. The second-order valence-corrected chi connectivity index (χ2v) is 15.2. The number of nitrogens with two attached hydrogens (primary N) is 1. The third kappa shape index (κ3) is 9.03. The number of hydrazine groups is 2. The topological polar surface area (TPSA) is 311 Å². The number of hydrogen-bond acceptors (Lipinski definition) is 21. The number of oxime groups is 1. The molecule has 59 heavy (non-hydrogen) atoms. The zero-order chi connectivity index (χ0) is 42.9. The lowest BCUT2D eigenvalue weighted by Gasteiger charge is -2.49. The number of aromatic nitrogens is 1. The summed E-state index contributed by atoms with van der Waals surface area (Å²) in [6.07, 6.45) is 1.67. The lowest BCUT2D eigenvalue weighted by molar-refractivity contribution is -0.150. The minimum atomic E-state index is -1.39. The van der Waals surface area contributed by atoms with Crippen LogP contribution in [-0.2, 0) is 33.6 Å². The van der Waals surface area contributed by atoms with Crippen LogP contribution in [0.5, 0.6) is 17.2 Å². The maximum absolute atomic E-state index is 13.7. The van der Waals surface area contributed by atoms with Crippen LogP contribution in [0, 0.1) is 0 Å². The summed E-state index contributed by atoms with van der Waals surface area (Å²) in [7, 11) is 0. The van der Waals surface area contributed by atoms with Crippen molar-refractivity contribution in [2.24, 2.45) is 10.1 Å². The number of thioether (sulfide) groups is 2. The van der Waals surface area contributed by atoms with Crippen molar-refractivity contribution in [2.45, 2.75) is 39.1 Å². The van der Waals surface area contributed by atoms with Crippen molar-refractivity contribution in [2.75, 3.05) is 17.2 Å². The van der Waals surface area contributed by atoms with Crippen molar-refractivity contribution in [3.05, 3.63) is 63.2 Å². The van der Waals surface area contributed by atoms with E-state index in [0.717, 1.165) is 54.1 Å². The van der Waals surface area contributed by atoms with Gasteiger partial charge in [-0.05, 0) is 30.7 Å². The van der Waals surface area contributed by atoms with Gasteiger partial charge >= 0.3 is 35.9 Å². The molecule has 6 rings (SSSR count). The Labute approximate surface area is 343 Å². The fourth-order valence-electron chi connectivity index (χ4n) is 5.57. The molecule has 2 atom stereocenters. The molecule has 1 saturated heterocycles. The summed E-state index contributed by atoms with van der Waals surface area (Å²) >= 11 is 3.27. The van der Waals surface area contributed by atoms with Crippen LogP contribution in [0.4, 0.5) is 9.93 Å². The minimum absolute atomic E-state index is 0.00120. The zero-order valence-electron chi connectivity index (χ0n) is 30.7. The number of thiazole rings is 1. The van der Waals surface area contributed by atoms with E-state index in [4.69, 9.17) is 24.8 Å². The van der Waals surface area contributed by atoms with Gasteiger partial charge in [-0.25, -0.2) is 29.4 Å². The monoisotopic (exact) mass is 871 g/mol. The van der Waals surface area contributed by atoms with E-state index >= 15 is 0 Å². The lowest BCUT2D eigenvalue weighted by Crippen LogP contribution is -2.71. The predicted molar refractivity (Wildman–Crippen MR) is 205 cm³/mol. The quantitative estimate of drug-likeness (QED) is 0.0502. The highest BCUT2D eigenvalue weighted by atomic mass is 32.2. The molecule has 26 heteroatoms. The van der Waals surface area contributed by atoms with Crippen LogP contribution in [0.3, 0.4) is 0 Å². The molecule has 0 spiro atoms. The molecular formula is C33H29N9O14S3. The largest absolute Gasteiger partial charge is 0.477 e. The molecule has 23 nitrogen and oxygen atoms in total. The first-order valence-corrected chi connectivity index (χ1v) is 19.5. The number of carbonyl (C=O) groups is 8. The Hall–Kier alpha value is -6.77. The number of carboxylic acids is 1. The van der Waals surface area contributed by atoms with Gasteiger partial charge in [-0.2, -0.15) is 5.01 Å². The average Bonchev–Trinajstić information content (AvgIpc) is 3.79. The fraction of sp³-hybridized carbons (Fsp3) is 0.242. The molecule has 308 valence electrons. The normalized spacial score (nSPS) is 18.4. The van der Waals surface area contributed by atoms with Crippen molar-refractivity contribution in [3.63, 3.8) is 0 Å². The summed E-state index contributed by atoms with van der Waals surface area (Å²) in [5.74, 6) is -8.16. The number of benzene rings is 1. The molecule has 4 aliphatic heterocycles. The summed E-state index contributed by atoms with van der Waals surface area (Å²) in [5, 5.41) is 29.0. The lowest BCUT2D eigenvalue weighted by atomic mass is 10.0. The number of nitrogens with zero attached hydrogens (tertiary/aromatic N) is 6. The minimum Gasteiger partial charge on any atom is -0.477 e. The van der Waals surface area contributed by atoms with E-state index in [-0.39, 0.29) is 28.0 Å². The van der Waals surface area contributed by atoms with Gasteiger partial charge in [0.15, 0.2) is 28.2 Å². The molecule has 1 aromatic carbocycles. The van der Waals surface area contributed by atoms with Crippen LogP contribution in [0.1, 0.15) is 43.7 Å². The number of nitrogen functional groups attached to an aromatic ring is 1. The number of allylic oxidation sites excluding steroid dienone is 1. The smallest absolute Gasteiger partial charge is 0.427 e. The highest BCUT2D eigenvalue weighted by molar-refractivity contribution is 8.03. The number of esters is 3. The van der Waals surface area contributed by atoms with Crippen LogP contribution in [0.15, 0.2) is 62.1 Å². The van der Waals surface area contributed by atoms with Crippen LogP contribution >= 0.6 is 34.9 Å². The number of carboxylic acid groups (broad SMARTS) is 2. The summed E-state index contributed by atoms with van der Waals surface area (Å²) in [6, 6.07) is 0.598. The molecule has 1 aromatic heterocycles. The van der Waals surface area contributed by atoms with Gasteiger partial charge in [0.2, 0.25) is 5.75 Å². The summed E-state index contributed by atoms with van der Waals surface area (Å²) < 4.78 is 15.2. The summed E-state index contributed by atoms with van der Waals surface area (Å²) in [5.41, 5.74) is 7.87. The first kappa shape index (κ1) is 41.9. The number of hydrogen-bond donors (Lipinski definition) is 5. The Kier molecular flexibility index (Phi) is 12.1. The molecule has 0 radical (unpaired) electrons. The molecule has 0 aliphatic carbocycles. The Balaban J connectivity index is 1.20. The molecule has 2 aromatic rings. The SMILES string of the molecule is CC(=O)Oc1cc(C(=O)ON=C(C(=O)N[C@@H]2C(=O)N3C(C(=O)O)=C(CSC4=CC(C)=NC5=CN(C(=O)O)NN54)CS[C@H]23)c2csc(N)n2)cc(OC(C)=O)c1OC(C)=O. The third-order valence-corrected chi connectivity index (χ3v) is 11.0. The number of carbonyl (C=O) groups excluding carboxylic acids is 6. The predicted octanol–water partition coefficient (Wildman–Crippen LogP) is 1.36.